The number of ether oxygens (including phenoxy) is 1. The van der Waals surface area contributed by atoms with Crippen LogP contribution in [-0.2, 0) is 23.3 Å². The molecule has 0 atom stereocenters. The first-order chi connectivity index (χ1) is 10.0. The Morgan fingerprint density at radius 2 is 2.19 bits per heavy atom. The van der Waals surface area contributed by atoms with E-state index < -0.39 is 0 Å². The number of tetrazole rings is 1. The van der Waals surface area contributed by atoms with E-state index in [4.69, 9.17) is 4.74 Å². The molecule has 0 unspecified atom stereocenters. The summed E-state index contributed by atoms with van der Waals surface area (Å²) in [6.07, 6.45) is 2.43. The monoisotopic (exact) mass is 292 g/mol. The zero-order valence-electron chi connectivity index (χ0n) is 12.1. The quantitative estimate of drug-likeness (QED) is 0.716. The molecule has 2 heterocycles. The number of carbonyl (C=O) groups is 1. The largest absolute Gasteiger partial charge is 0.442 e. The van der Waals surface area contributed by atoms with Crippen molar-refractivity contribution in [1.29, 1.82) is 0 Å². The minimum absolute atomic E-state index is 0.141. The topological polar surface area (TPSA) is 105 Å². The molecule has 2 aromatic heterocycles. The third kappa shape index (κ3) is 3.12. The van der Waals surface area contributed by atoms with E-state index in [9.17, 15) is 9.59 Å². The van der Waals surface area contributed by atoms with E-state index in [0.29, 0.717) is 18.7 Å². The molecule has 0 radical (unpaired) electrons. The minimum Gasteiger partial charge on any atom is -0.442 e. The van der Waals surface area contributed by atoms with Gasteiger partial charge in [0.05, 0.1) is 0 Å². The van der Waals surface area contributed by atoms with Crippen LogP contribution in [0.5, 0.6) is 0 Å². The average molecular weight is 292 g/mol. The van der Waals surface area contributed by atoms with Crippen LogP contribution in [0.4, 0.5) is 0 Å². The maximum atomic E-state index is 12.2. The summed E-state index contributed by atoms with van der Waals surface area (Å²) in [4.78, 5) is 27.7. The summed E-state index contributed by atoms with van der Waals surface area (Å²) < 4.78 is 7.69. The van der Waals surface area contributed by atoms with Crippen molar-refractivity contribution < 1.29 is 9.53 Å². The molecule has 9 nitrogen and oxygen atoms in total. The fourth-order valence-electron chi connectivity index (χ4n) is 1.67. The van der Waals surface area contributed by atoms with Crippen molar-refractivity contribution in [2.75, 3.05) is 0 Å². The summed E-state index contributed by atoms with van der Waals surface area (Å²) in [5.41, 5.74) is -0.0157. The molecule has 0 N–H and O–H groups in total. The van der Waals surface area contributed by atoms with Crippen molar-refractivity contribution in [1.82, 2.24) is 29.8 Å². The van der Waals surface area contributed by atoms with Crippen LogP contribution in [0.3, 0.4) is 0 Å². The molecule has 9 heteroatoms. The van der Waals surface area contributed by atoms with E-state index in [1.54, 1.807) is 14.0 Å². The summed E-state index contributed by atoms with van der Waals surface area (Å²) in [6.45, 7) is 3.46. The second-order valence-electron chi connectivity index (χ2n) is 4.48. The molecule has 2 rings (SSSR count). The summed E-state index contributed by atoms with van der Waals surface area (Å²) in [5.74, 6) is 0.457. The number of esters is 1. The van der Waals surface area contributed by atoms with Crippen molar-refractivity contribution in [3.63, 3.8) is 0 Å². The third-order valence-corrected chi connectivity index (χ3v) is 2.98. The summed E-state index contributed by atoms with van der Waals surface area (Å²) in [7, 11) is 1.61. The van der Waals surface area contributed by atoms with Crippen LogP contribution in [0.1, 0.15) is 25.6 Å². The van der Waals surface area contributed by atoms with Gasteiger partial charge in [0.25, 0.3) is 5.56 Å². The summed E-state index contributed by atoms with van der Waals surface area (Å²) >= 11 is 0. The van der Waals surface area contributed by atoms with Crippen LogP contribution < -0.4 is 5.56 Å². The Bertz CT molecular complexity index is 705. The lowest BCUT2D eigenvalue weighted by molar-refractivity contribution is -0.147. The molecule has 0 aliphatic heterocycles. The van der Waals surface area contributed by atoms with Gasteiger partial charge in [-0.05, 0) is 23.8 Å². The number of rotatable bonds is 5. The number of hydrogen-bond donors (Lipinski definition) is 0. The maximum absolute atomic E-state index is 12.2. The van der Waals surface area contributed by atoms with Gasteiger partial charge < -0.3 is 4.74 Å². The zero-order chi connectivity index (χ0) is 15.4. The van der Waals surface area contributed by atoms with Crippen molar-refractivity contribution in [2.45, 2.75) is 33.4 Å². The first-order valence-corrected chi connectivity index (χ1v) is 6.49. The highest BCUT2D eigenvalue weighted by molar-refractivity contribution is 5.69. The number of aryl methyl sites for hydroxylation is 1. The predicted octanol–water partition coefficient (Wildman–Crippen LogP) is 0.0430. The number of aromatic nitrogens is 6. The van der Waals surface area contributed by atoms with E-state index in [-0.39, 0.29) is 29.6 Å². The Labute approximate surface area is 120 Å². The SMILES string of the molecule is CCCC(=O)OCn1nnnc1-c1cnc(C)n(C)c1=O. The van der Waals surface area contributed by atoms with E-state index in [2.05, 4.69) is 20.5 Å². The first-order valence-electron chi connectivity index (χ1n) is 6.49. The van der Waals surface area contributed by atoms with E-state index in [1.807, 2.05) is 6.92 Å². The Hall–Kier alpha value is -2.58. The second-order valence-corrected chi connectivity index (χ2v) is 4.48. The molecule has 0 bridgehead atoms. The Morgan fingerprint density at radius 3 is 2.90 bits per heavy atom. The van der Waals surface area contributed by atoms with Crippen molar-refractivity contribution in [3.05, 3.63) is 22.4 Å². The van der Waals surface area contributed by atoms with Crippen LogP contribution in [0.15, 0.2) is 11.0 Å². The van der Waals surface area contributed by atoms with E-state index >= 15 is 0 Å². The predicted molar refractivity (Wildman–Crippen MR) is 72.0 cm³/mol. The molecule has 0 amide bonds. The lowest BCUT2D eigenvalue weighted by Crippen LogP contribution is -2.23. The number of carbonyl (C=O) groups excluding carboxylic acids is 1. The van der Waals surface area contributed by atoms with Gasteiger partial charge in [0.15, 0.2) is 12.6 Å². The van der Waals surface area contributed by atoms with Crippen LogP contribution in [0, 0.1) is 6.92 Å². The van der Waals surface area contributed by atoms with E-state index in [0.717, 1.165) is 0 Å². The van der Waals surface area contributed by atoms with Gasteiger partial charge in [0, 0.05) is 19.7 Å². The van der Waals surface area contributed by atoms with Gasteiger partial charge in [-0.15, -0.1) is 5.10 Å². The molecule has 0 aromatic carbocycles. The molecule has 0 saturated heterocycles. The van der Waals surface area contributed by atoms with Gasteiger partial charge in [-0.25, -0.2) is 4.98 Å². The molecule has 21 heavy (non-hydrogen) atoms. The van der Waals surface area contributed by atoms with Crippen LogP contribution in [0.25, 0.3) is 11.4 Å². The standard InChI is InChI=1S/C12H16N6O3/c1-4-5-10(19)21-7-18-11(14-15-16-18)9-6-13-8(2)17(3)12(9)20/h6H,4-5,7H2,1-3H3. The Balaban J connectivity index is 2.27. The van der Waals surface area contributed by atoms with Gasteiger partial charge in [-0.1, -0.05) is 6.92 Å². The number of nitrogens with zero attached hydrogens (tertiary/aromatic N) is 6. The van der Waals surface area contributed by atoms with Gasteiger partial charge in [0.2, 0.25) is 0 Å². The molecule has 2 aromatic rings. The van der Waals surface area contributed by atoms with Crippen LogP contribution >= 0.6 is 0 Å². The van der Waals surface area contributed by atoms with Gasteiger partial charge in [-0.3, -0.25) is 14.2 Å². The van der Waals surface area contributed by atoms with Crippen molar-refractivity contribution >= 4 is 5.97 Å². The van der Waals surface area contributed by atoms with Gasteiger partial charge >= 0.3 is 5.97 Å². The molecule has 0 saturated carbocycles. The average Bonchev–Trinajstić information content (AvgIpc) is 2.91. The highest BCUT2D eigenvalue weighted by atomic mass is 16.5. The molecule has 112 valence electrons. The minimum atomic E-state index is -0.339. The summed E-state index contributed by atoms with van der Waals surface area (Å²) in [5, 5.41) is 11.0. The lowest BCUT2D eigenvalue weighted by Gasteiger charge is -2.07. The fraction of sp³-hybridized carbons (Fsp3) is 0.500. The van der Waals surface area contributed by atoms with Gasteiger partial charge in [-0.2, -0.15) is 4.68 Å². The first kappa shape index (κ1) is 14.8. The van der Waals surface area contributed by atoms with Crippen LogP contribution in [0.2, 0.25) is 0 Å². The van der Waals surface area contributed by atoms with Crippen molar-refractivity contribution in [2.24, 2.45) is 7.05 Å². The normalized spacial score (nSPS) is 10.6. The summed E-state index contributed by atoms with van der Waals surface area (Å²) in [6, 6.07) is 0. The van der Waals surface area contributed by atoms with Gasteiger partial charge in [0.1, 0.15) is 11.4 Å². The molecule has 0 aliphatic rings. The molecular weight excluding hydrogens is 276 g/mol. The molecule has 0 fully saturated rings. The maximum Gasteiger partial charge on any atom is 0.307 e. The smallest absolute Gasteiger partial charge is 0.307 e. The zero-order valence-corrected chi connectivity index (χ0v) is 12.1. The second kappa shape index (κ2) is 6.25. The Kier molecular flexibility index (Phi) is 4.41. The van der Waals surface area contributed by atoms with Crippen LogP contribution in [-0.4, -0.2) is 35.7 Å². The molecule has 0 aliphatic carbocycles. The molecule has 0 spiro atoms. The highest BCUT2D eigenvalue weighted by Gasteiger charge is 2.15. The fourth-order valence-corrected chi connectivity index (χ4v) is 1.67. The van der Waals surface area contributed by atoms with Crippen molar-refractivity contribution in [3.8, 4) is 11.4 Å². The molecular formula is C12H16N6O3. The number of hydrogen-bond acceptors (Lipinski definition) is 7. The highest BCUT2D eigenvalue weighted by Crippen LogP contribution is 2.10. The van der Waals surface area contributed by atoms with E-state index in [1.165, 1.54) is 15.4 Å². The lowest BCUT2D eigenvalue weighted by atomic mass is 10.3. The Morgan fingerprint density at radius 1 is 1.43 bits per heavy atom. The third-order valence-electron chi connectivity index (χ3n) is 2.98.